The van der Waals surface area contributed by atoms with Gasteiger partial charge in [-0.05, 0) is 65.7 Å². The number of hydrogen-bond acceptors (Lipinski definition) is 3. The van der Waals surface area contributed by atoms with E-state index in [1.807, 2.05) is 0 Å². The molecule has 3 heteroatoms. The SMILES string of the molecule is CCC1CN(C)CCCN1C(C)CCNC1CC1. The normalized spacial score (nSPS) is 29.2. The van der Waals surface area contributed by atoms with Gasteiger partial charge in [-0.1, -0.05) is 6.92 Å². The Morgan fingerprint density at radius 3 is 2.72 bits per heavy atom. The van der Waals surface area contributed by atoms with Crippen LogP contribution in [0, 0.1) is 0 Å². The van der Waals surface area contributed by atoms with Crippen LogP contribution in [0.4, 0.5) is 0 Å². The zero-order valence-corrected chi connectivity index (χ0v) is 12.5. The molecule has 0 bridgehead atoms. The summed E-state index contributed by atoms with van der Waals surface area (Å²) in [4.78, 5) is 5.27. The summed E-state index contributed by atoms with van der Waals surface area (Å²) in [6.07, 6.45) is 6.72. The fourth-order valence-corrected chi connectivity index (χ4v) is 3.16. The molecule has 2 atom stereocenters. The molecule has 2 unspecified atom stereocenters. The molecular weight excluding hydrogens is 222 g/mol. The van der Waals surface area contributed by atoms with Crippen LogP contribution in [0.25, 0.3) is 0 Å². The minimum absolute atomic E-state index is 0.729. The highest BCUT2D eigenvalue weighted by atomic mass is 15.2. The molecule has 1 heterocycles. The average Bonchev–Trinajstić information content (AvgIpc) is 3.16. The third-order valence-electron chi connectivity index (χ3n) is 4.56. The number of nitrogens with zero attached hydrogens (tertiary/aromatic N) is 2. The summed E-state index contributed by atoms with van der Waals surface area (Å²) in [6.45, 7) is 9.76. The first kappa shape index (κ1) is 14.3. The highest BCUT2D eigenvalue weighted by Crippen LogP contribution is 2.20. The fraction of sp³-hybridized carbons (Fsp3) is 1.00. The highest BCUT2D eigenvalue weighted by Gasteiger charge is 2.26. The van der Waals surface area contributed by atoms with Crippen LogP contribution >= 0.6 is 0 Å². The van der Waals surface area contributed by atoms with Crippen molar-refractivity contribution in [1.29, 1.82) is 0 Å². The van der Waals surface area contributed by atoms with Gasteiger partial charge in [0.1, 0.15) is 0 Å². The molecular formula is C15H31N3. The molecule has 2 aliphatic rings. The van der Waals surface area contributed by atoms with Gasteiger partial charge >= 0.3 is 0 Å². The molecule has 1 N–H and O–H groups in total. The lowest BCUT2D eigenvalue weighted by Gasteiger charge is -2.35. The van der Waals surface area contributed by atoms with Gasteiger partial charge in [0.25, 0.3) is 0 Å². The topological polar surface area (TPSA) is 18.5 Å². The van der Waals surface area contributed by atoms with E-state index in [-0.39, 0.29) is 0 Å². The van der Waals surface area contributed by atoms with E-state index in [9.17, 15) is 0 Å². The minimum atomic E-state index is 0.729. The molecule has 2 fully saturated rings. The minimum Gasteiger partial charge on any atom is -0.314 e. The fourth-order valence-electron chi connectivity index (χ4n) is 3.16. The Hall–Kier alpha value is -0.120. The first-order valence-corrected chi connectivity index (χ1v) is 7.88. The van der Waals surface area contributed by atoms with Crippen LogP contribution < -0.4 is 5.32 Å². The highest BCUT2D eigenvalue weighted by molar-refractivity contribution is 4.84. The average molecular weight is 253 g/mol. The summed E-state index contributed by atoms with van der Waals surface area (Å²) in [5.41, 5.74) is 0. The number of nitrogens with one attached hydrogen (secondary N) is 1. The predicted molar refractivity (Wildman–Crippen MR) is 78.0 cm³/mol. The Morgan fingerprint density at radius 1 is 1.28 bits per heavy atom. The second kappa shape index (κ2) is 6.88. The van der Waals surface area contributed by atoms with Crippen LogP contribution in [0.1, 0.15) is 46.0 Å². The molecule has 0 spiro atoms. The van der Waals surface area contributed by atoms with Crippen molar-refractivity contribution >= 4 is 0 Å². The van der Waals surface area contributed by atoms with E-state index in [2.05, 4.69) is 36.0 Å². The second-order valence-corrected chi connectivity index (χ2v) is 6.28. The molecule has 0 aromatic rings. The monoisotopic (exact) mass is 253 g/mol. The van der Waals surface area contributed by atoms with Gasteiger partial charge in [-0.3, -0.25) is 4.90 Å². The number of hydrogen-bond donors (Lipinski definition) is 1. The van der Waals surface area contributed by atoms with Crippen LogP contribution in [-0.4, -0.2) is 61.2 Å². The number of likely N-dealkylation sites (N-methyl/N-ethyl adjacent to an activating group) is 1. The van der Waals surface area contributed by atoms with Gasteiger partial charge in [-0.25, -0.2) is 0 Å². The van der Waals surface area contributed by atoms with Crippen molar-refractivity contribution in [2.24, 2.45) is 0 Å². The van der Waals surface area contributed by atoms with Crippen molar-refractivity contribution < 1.29 is 0 Å². The first-order chi connectivity index (χ1) is 8.70. The molecule has 0 radical (unpaired) electrons. The molecule has 1 saturated carbocycles. The molecule has 18 heavy (non-hydrogen) atoms. The zero-order chi connectivity index (χ0) is 13.0. The van der Waals surface area contributed by atoms with E-state index >= 15 is 0 Å². The lowest BCUT2D eigenvalue weighted by Crippen LogP contribution is -2.45. The van der Waals surface area contributed by atoms with E-state index in [0.29, 0.717) is 0 Å². The van der Waals surface area contributed by atoms with Crippen LogP contribution in [-0.2, 0) is 0 Å². The van der Waals surface area contributed by atoms with Gasteiger partial charge in [0.05, 0.1) is 0 Å². The zero-order valence-electron chi connectivity index (χ0n) is 12.5. The molecule has 0 amide bonds. The van der Waals surface area contributed by atoms with Crippen LogP contribution in [0.15, 0.2) is 0 Å². The van der Waals surface area contributed by atoms with Gasteiger partial charge in [0.15, 0.2) is 0 Å². The lowest BCUT2D eigenvalue weighted by atomic mass is 10.1. The number of rotatable bonds is 6. The maximum atomic E-state index is 3.65. The summed E-state index contributed by atoms with van der Waals surface area (Å²) in [5.74, 6) is 0. The van der Waals surface area contributed by atoms with Crippen molar-refractivity contribution in [3.8, 4) is 0 Å². The van der Waals surface area contributed by atoms with Gasteiger partial charge < -0.3 is 10.2 Å². The molecule has 0 aromatic heterocycles. The van der Waals surface area contributed by atoms with E-state index in [1.54, 1.807) is 0 Å². The molecule has 0 aromatic carbocycles. The van der Waals surface area contributed by atoms with Gasteiger partial charge in [-0.15, -0.1) is 0 Å². The summed E-state index contributed by atoms with van der Waals surface area (Å²) in [7, 11) is 2.27. The summed E-state index contributed by atoms with van der Waals surface area (Å²) >= 11 is 0. The van der Waals surface area contributed by atoms with Crippen LogP contribution in [0.2, 0.25) is 0 Å². The predicted octanol–water partition coefficient (Wildman–Crippen LogP) is 1.93. The third-order valence-corrected chi connectivity index (χ3v) is 4.56. The van der Waals surface area contributed by atoms with E-state index in [0.717, 1.165) is 18.1 Å². The van der Waals surface area contributed by atoms with Gasteiger partial charge in [0, 0.05) is 24.7 Å². The smallest absolute Gasteiger partial charge is 0.0223 e. The van der Waals surface area contributed by atoms with Crippen molar-refractivity contribution in [2.75, 3.05) is 33.2 Å². The van der Waals surface area contributed by atoms with Crippen molar-refractivity contribution in [2.45, 2.75) is 64.1 Å². The second-order valence-electron chi connectivity index (χ2n) is 6.28. The van der Waals surface area contributed by atoms with E-state index in [1.165, 1.54) is 58.3 Å². The molecule has 1 aliphatic carbocycles. The first-order valence-electron chi connectivity index (χ1n) is 7.88. The molecule has 1 saturated heterocycles. The molecule has 106 valence electrons. The maximum absolute atomic E-state index is 3.65. The molecule has 1 aliphatic heterocycles. The van der Waals surface area contributed by atoms with E-state index < -0.39 is 0 Å². The Morgan fingerprint density at radius 2 is 2.06 bits per heavy atom. The standard InChI is InChI=1S/C15H31N3/c1-4-15-12-17(3)10-5-11-18(15)13(2)8-9-16-14-6-7-14/h13-16H,4-12H2,1-3H3. The quantitative estimate of drug-likeness (QED) is 0.780. The van der Waals surface area contributed by atoms with Gasteiger partial charge in [-0.2, -0.15) is 0 Å². The van der Waals surface area contributed by atoms with Crippen LogP contribution in [0.3, 0.4) is 0 Å². The van der Waals surface area contributed by atoms with Gasteiger partial charge in [0.2, 0.25) is 0 Å². The lowest BCUT2D eigenvalue weighted by molar-refractivity contribution is 0.131. The Kier molecular flexibility index (Phi) is 5.46. The van der Waals surface area contributed by atoms with E-state index in [4.69, 9.17) is 0 Å². The Labute approximate surface area is 113 Å². The summed E-state index contributed by atoms with van der Waals surface area (Å²) < 4.78 is 0. The summed E-state index contributed by atoms with van der Waals surface area (Å²) in [6, 6.07) is 2.34. The van der Waals surface area contributed by atoms with Crippen LogP contribution in [0.5, 0.6) is 0 Å². The Bertz CT molecular complexity index is 240. The van der Waals surface area contributed by atoms with Crippen molar-refractivity contribution in [3.63, 3.8) is 0 Å². The molecule has 2 rings (SSSR count). The molecule has 3 nitrogen and oxygen atoms in total. The summed E-state index contributed by atoms with van der Waals surface area (Å²) in [5, 5.41) is 3.65. The third kappa shape index (κ3) is 4.22. The van der Waals surface area contributed by atoms with Crippen molar-refractivity contribution in [1.82, 2.24) is 15.1 Å². The van der Waals surface area contributed by atoms with Crippen molar-refractivity contribution in [3.05, 3.63) is 0 Å². The largest absolute Gasteiger partial charge is 0.314 e. The maximum Gasteiger partial charge on any atom is 0.0223 e. The Balaban J connectivity index is 1.78.